The molecule has 2 aliphatic rings. The largest absolute Gasteiger partial charge is 0.491 e. The van der Waals surface area contributed by atoms with Crippen molar-refractivity contribution in [1.82, 2.24) is 9.55 Å². The van der Waals surface area contributed by atoms with Gasteiger partial charge >= 0.3 is 0 Å². The number of nitrogens with zero attached hydrogens (tertiary/aromatic N) is 3. The van der Waals surface area contributed by atoms with Crippen LogP contribution in [0.2, 0.25) is 0 Å². The Kier molecular flexibility index (Phi) is 13.9. The van der Waals surface area contributed by atoms with Crippen LogP contribution >= 0.6 is 0 Å². The summed E-state index contributed by atoms with van der Waals surface area (Å²) in [6.07, 6.45) is 9.85. The van der Waals surface area contributed by atoms with E-state index >= 15 is 0 Å². The molecule has 6 rings (SSSR count). The number of aromatic nitrogens is 2. The van der Waals surface area contributed by atoms with Crippen LogP contribution in [0, 0.1) is 12.8 Å². The summed E-state index contributed by atoms with van der Waals surface area (Å²) >= 11 is 0. The molecule has 0 bridgehead atoms. The van der Waals surface area contributed by atoms with Gasteiger partial charge < -0.3 is 29.0 Å². The number of hydrogen-bond acceptors (Lipinski definition) is 7. The van der Waals surface area contributed by atoms with E-state index in [1.54, 1.807) is 6.33 Å². The smallest absolute Gasteiger partial charge is 0.251 e. The summed E-state index contributed by atoms with van der Waals surface area (Å²) in [5, 5.41) is 3.12. The van der Waals surface area contributed by atoms with Gasteiger partial charge in [-0.2, -0.15) is 0 Å². The quantitative estimate of drug-likeness (QED) is 0.115. The number of anilines is 2. The van der Waals surface area contributed by atoms with Crippen LogP contribution in [0.4, 0.5) is 11.4 Å². The Bertz CT molecular complexity index is 1850. The van der Waals surface area contributed by atoms with E-state index in [4.69, 9.17) is 14.2 Å². The average Bonchev–Trinajstić information content (AvgIpc) is 3.53. The molecule has 2 atom stereocenters. The van der Waals surface area contributed by atoms with Gasteiger partial charge in [-0.3, -0.25) is 9.00 Å². The second-order valence-electron chi connectivity index (χ2n) is 13.9. The molecule has 0 aliphatic carbocycles. The minimum Gasteiger partial charge on any atom is -0.491 e. The van der Waals surface area contributed by atoms with Gasteiger partial charge in [0.1, 0.15) is 12.4 Å². The first-order chi connectivity index (χ1) is 25.9. The molecule has 282 valence electrons. The Morgan fingerprint density at radius 3 is 2.57 bits per heavy atom. The number of benzene rings is 3. The average molecular weight is 739 g/mol. The van der Waals surface area contributed by atoms with Gasteiger partial charge in [-0.1, -0.05) is 31.5 Å². The van der Waals surface area contributed by atoms with E-state index in [0.717, 1.165) is 115 Å². The molecule has 0 unspecified atom stereocenters. The van der Waals surface area contributed by atoms with Crippen LogP contribution in [-0.2, 0) is 37.4 Å². The van der Waals surface area contributed by atoms with Crippen LogP contribution in [0.1, 0.15) is 69.3 Å². The number of ether oxygens (including phenoxy) is 3. The van der Waals surface area contributed by atoms with Gasteiger partial charge in [-0.15, -0.1) is 0 Å². The molecule has 1 fully saturated rings. The third-order valence-corrected chi connectivity index (χ3v) is 11.4. The zero-order valence-electron chi connectivity index (χ0n) is 31.5. The zero-order valence-corrected chi connectivity index (χ0v) is 32.3. The fourth-order valence-corrected chi connectivity index (χ4v) is 8.23. The van der Waals surface area contributed by atoms with Crippen LogP contribution in [0.3, 0.4) is 0 Å². The summed E-state index contributed by atoms with van der Waals surface area (Å²) in [6, 6.07) is 22.1. The van der Waals surface area contributed by atoms with Gasteiger partial charge in [0.15, 0.2) is 0 Å². The molecular formula is C43H54N4O5S. The molecule has 0 spiro atoms. The number of nitrogens with one attached hydrogen (secondary N) is 1. The lowest BCUT2D eigenvalue weighted by molar-refractivity contribution is -0.112. The first-order valence-corrected chi connectivity index (χ1v) is 20.5. The molecule has 1 saturated heterocycles. The van der Waals surface area contributed by atoms with Crippen molar-refractivity contribution < 1.29 is 23.2 Å². The van der Waals surface area contributed by atoms with Crippen LogP contribution < -0.4 is 15.0 Å². The summed E-state index contributed by atoms with van der Waals surface area (Å²) in [4.78, 5) is 21.4. The molecule has 9 nitrogen and oxygen atoms in total. The molecule has 0 radical (unpaired) electrons. The number of imidazole rings is 1. The summed E-state index contributed by atoms with van der Waals surface area (Å²) in [5.74, 6) is 1.59. The Labute approximate surface area is 317 Å². The highest BCUT2D eigenvalue weighted by Gasteiger charge is 2.23. The lowest BCUT2D eigenvalue weighted by Gasteiger charge is -2.33. The number of carbonyl (C=O) groups is 1. The van der Waals surface area contributed by atoms with E-state index in [1.165, 1.54) is 6.42 Å². The van der Waals surface area contributed by atoms with Crippen molar-refractivity contribution in [1.29, 1.82) is 0 Å². The molecule has 10 heteroatoms. The highest BCUT2D eigenvalue weighted by atomic mass is 32.2. The molecule has 1 amide bonds. The lowest BCUT2D eigenvalue weighted by atomic mass is 9.95. The van der Waals surface area contributed by atoms with Crippen molar-refractivity contribution in [3.63, 3.8) is 0 Å². The number of rotatable bonds is 16. The normalized spacial score (nSPS) is 17.6. The van der Waals surface area contributed by atoms with Gasteiger partial charge in [-0.05, 0) is 123 Å². The number of aryl methyl sites for hydroxylation is 2. The van der Waals surface area contributed by atoms with Crippen LogP contribution in [0.25, 0.3) is 17.2 Å². The predicted octanol–water partition coefficient (Wildman–Crippen LogP) is 8.43. The minimum absolute atomic E-state index is 0.119. The van der Waals surface area contributed by atoms with Crippen molar-refractivity contribution in [3.05, 3.63) is 95.6 Å². The SMILES string of the molecule is CCCCOCCOc1ccc(-c2ccc3c(c2)/C=C(/C(=O)Nc2ccc([S@](=O)Cc4c(C)ncn4CC)cc2)CCCN3C[C@H]2CCCOC2)cc1. The van der Waals surface area contributed by atoms with Gasteiger partial charge in [0, 0.05) is 54.7 Å². The fourth-order valence-electron chi connectivity index (χ4n) is 7.00. The molecule has 1 N–H and O–H groups in total. The van der Waals surface area contributed by atoms with E-state index in [1.807, 2.05) is 47.9 Å². The monoisotopic (exact) mass is 738 g/mol. The summed E-state index contributed by atoms with van der Waals surface area (Å²) in [5.41, 5.74) is 7.63. The first kappa shape index (κ1) is 38.5. The summed E-state index contributed by atoms with van der Waals surface area (Å²) < 4.78 is 32.6. The van der Waals surface area contributed by atoms with Crippen molar-refractivity contribution >= 4 is 34.2 Å². The Morgan fingerprint density at radius 1 is 1.00 bits per heavy atom. The minimum atomic E-state index is -1.23. The Hall–Kier alpha value is -4.25. The van der Waals surface area contributed by atoms with Crippen LogP contribution in [0.15, 0.2) is 83.5 Å². The molecule has 0 saturated carbocycles. The summed E-state index contributed by atoms with van der Waals surface area (Å²) in [6.45, 7) is 12.3. The number of carbonyl (C=O) groups excluding carboxylic acids is 1. The van der Waals surface area contributed by atoms with Crippen molar-refractivity contribution in [2.75, 3.05) is 56.3 Å². The number of amides is 1. The van der Waals surface area contributed by atoms with E-state index in [-0.39, 0.29) is 5.91 Å². The number of unbranched alkanes of at least 4 members (excludes halogenated alkanes) is 1. The van der Waals surface area contributed by atoms with Crippen molar-refractivity contribution in [3.8, 4) is 16.9 Å². The Morgan fingerprint density at radius 2 is 1.81 bits per heavy atom. The summed E-state index contributed by atoms with van der Waals surface area (Å²) in [7, 11) is -1.23. The maximum Gasteiger partial charge on any atom is 0.251 e. The third-order valence-electron chi connectivity index (χ3n) is 10.1. The molecule has 1 aromatic heterocycles. The van der Waals surface area contributed by atoms with Crippen LogP contribution in [-0.4, -0.2) is 65.8 Å². The standard InChI is InChI=1S/C43H54N4O5S/c1-4-6-22-50-24-25-52-39-16-11-34(12-17-39)35-13-20-41-37(26-35)27-36(10-7-21-47(41)28-33-9-8-23-51-29-33)43(48)45-38-14-18-40(19-15-38)53(49)30-42-32(3)44-31-46(42)5-2/h11-20,26-27,31,33H,4-10,21-25,28-30H2,1-3H3,(H,45,48)/b36-27+/t33-,53-/m1/s1. The second kappa shape index (κ2) is 19.2. The lowest BCUT2D eigenvalue weighted by Crippen LogP contribution is -2.35. The van der Waals surface area contributed by atoms with E-state index in [9.17, 15) is 9.00 Å². The fraction of sp³-hybridized carbons (Fsp3) is 0.442. The molecule has 2 aliphatic heterocycles. The van der Waals surface area contributed by atoms with Crippen molar-refractivity contribution in [2.24, 2.45) is 5.92 Å². The van der Waals surface area contributed by atoms with Gasteiger partial charge in [0.2, 0.25) is 0 Å². The second-order valence-corrected chi connectivity index (χ2v) is 15.4. The topological polar surface area (TPSA) is 94.9 Å². The molecular weight excluding hydrogens is 685 g/mol. The third kappa shape index (κ3) is 10.5. The maximum absolute atomic E-state index is 13.8. The van der Waals surface area contributed by atoms with Gasteiger partial charge in [0.25, 0.3) is 5.91 Å². The maximum atomic E-state index is 13.8. The van der Waals surface area contributed by atoms with Gasteiger partial charge in [-0.25, -0.2) is 4.98 Å². The zero-order chi connectivity index (χ0) is 37.0. The first-order valence-electron chi connectivity index (χ1n) is 19.2. The number of hydrogen-bond donors (Lipinski definition) is 1. The number of fused-ring (bicyclic) bond motifs is 1. The Balaban J connectivity index is 1.18. The molecule has 53 heavy (non-hydrogen) atoms. The molecule has 3 heterocycles. The highest BCUT2D eigenvalue weighted by Crippen LogP contribution is 2.34. The van der Waals surface area contributed by atoms with Gasteiger partial charge in [0.05, 0.1) is 47.5 Å². The molecule has 4 aromatic rings. The molecule has 3 aromatic carbocycles. The van der Waals surface area contributed by atoms with E-state index in [0.29, 0.717) is 37.0 Å². The predicted molar refractivity (Wildman–Crippen MR) is 214 cm³/mol. The van der Waals surface area contributed by atoms with E-state index in [2.05, 4.69) is 65.5 Å². The van der Waals surface area contributed by atoms with Crippen LogP contribution in [0.5, 0.6) is 5.75 Å². The van der Waals surface area contributed by atoms with E-state index < -0.39 is 10.8 Å². The van der Waals surface area contributed by atoms with Crippen molar-refractivity contribution in [2.45, 2.75) is 76.5 Å². The highest BCUT2D eigenvalue weighted by molar-refractivity contribution is 7.84.